The number of aryl methyl sites for hydroxylation is 4. The van der Waals surface area contributed by atoms with E-state index in [0.717, 1.165) is 21.7 Å². The summed E-state index contributed by atoms with van der Waals surface area (Å²) in [5, 5.41) is 11.6. The van der Waals surface area contributed by atoms with E-state index < -0.39 is 17.7 Å². The Hall–Kier alpha value is -3.25. The first kappa shape index (κ1) is 20.0. The minimum absolute atomic E-state index is 0.0937. The number of nitrogens with zero attached hydrogens (tertiary/aromatic N) is 2. The highest BCUT2D eigenvalue weighted by atomic mass is 32.1. The third-order valence-corrected chi connectivity index (χ3v) is 6.52. The van der Waals surface area contributed by atoms with Crippen LogP contribution in [0.1, 0.15) is 43.1 Å². The third-order valence-electron chi connectivity index (χ3n) is 5.45. The van der Waals surface area contributed by atoms with Crippen molar-refractivity contribution in [2.75, 3.05) is 4.90 Å². The first-order valence-corrected chi connectivity index (χ1v) is 10.5. The first-order chi connectivity index (χ1) is 14.3. The van der Waals surface area contributed by atoms with Gasteiger partial charge in [0.2, 0.25) is 5.78 Å². The smallest absolute Gasteiger partial charge is 0.294 e. The minimum Gasteiger partial charge on any atom is -0.503 e. The molecule has 0 bridgehead atoms. The molecular formula is C24H22N2O3S. The van der Waals surface area contributed by atoms with Crippen molar-refractivity contribution in [3.8, 4) is 0 Å². The Morgan fingerprint density at radius 1 is 1.03 bits per heavy atom. The fourth-order valence-electron chi connectivity index (χ4n) is 3.79. The number of thiazole rings is 1. The van der Waals surface area contributed by atoms with Gasteiger partial charge in [-0.15, -0.1) is 11.3 Å². The molecule has 3 aromatic rings. The molecule has 0 aliphatic carbocycles. The van der Waals surface area contributed by atoms with Gasteiger partial charge in [0.1, 0.15) is 0 Å². The summed E-state index contributed by atoms with van der Waals surface area (Å²) in [6.45, 7) is 7.57. The molecular weight excluding hydrogens is 396 g/mol. The zero-order valence-electron chi connectivity index (χ0n) is 17.3. The molecule has 0 fully saturated rings. The lowest BCUT2D eigenvalue weighted by atomic mass is 9.94. The number of carbonyl (C=O) groups excluding carboxylic acids is 2. The van der Waals surface area contributed by atoms with Crippen LogP contribution in [0.15, 0.2) is 59.9 Å². The molecule has 152 valence electrons. The molecule has 0 saturated carbocycles. The van der Waals surface area contributed by atoms with Gasteiger partial charge in [0.15, 0.2) is 5.76 Å². The molecule has 0 saturated heterocycles. The van der Waals surface area contributed by atoms with Crippen LogP contribution in [0.4, 0.5) is 5.69 Å². The van der Waals surface area contributed by atoms with Crippen molar-refractivity contribution in [3.05, 3.63) is 92.1 Å². The van der Waals surface area contributed by atoms with Crippen LogP contribution in [0.25, 0.3) is 0 Å². The summed E-state index contributed by atoms with van der Waals surface area (Å²) in [5.41, 5.74) is 4.23. The number of carbonyl (C=O) groups is 2. The molecule has 1 aliphatic heterocycles. The van der Waals surface area contributed by atoms with Crippen molar-refractivity contribution < 1.29 is 14.7 Å². The molecule has 0 radical (unpaired) electrons. The van der Waals surface area contributed by atoms with Crippen molar-refractivity contribution in [2.24, 2.45) is 0 Å². The van der Waals surface area contributed by atoms with Crippen LogP contribution in [-0.2, 0) is 4.79 Å². The minimum atomic E-state index is -0.713. The van der Waals surface area contributed by atoms with Crippen LogP contribution in [0.5, 0.6) is 0 Å². The largest absolute Gasteiger partial charge is 0.503 e. The molecule has 1 aliphatic rings. The van der Waals surface area contributed by atoms with Crippen molar-refractivity contribution in [1.29, 1.82) is 0 Å². The maximum atomic E-state index is 13.5. The molecule has 1 amide bonds. The van der Waals surface area contributed by atoms with E-state index in [2.05, 4.69) is 4.98 Å². The molecule has 2 aromatic carbocycles. The zero-order valence-corrected chi connectivity index (χ0v) is 18.1. The van der Waals surface area contributed by atoms with E-state index in [-0.39, 0.29) is 11.4 Å². The Morgan fingerprint density at radius 3 is 2.33 bits per heavy atom. The molecule has 4 rings (SSSR count). The summed E-state index contributed by atoms with van der Waals surface area (Å²) in [6, 6.07) is 14.3. The number of ketones is 1. The second-order valence-corrected chi connectivity index (χ2v) is 8.70. The lowest BCUT2D eigenvalue weighted by molar-refractivity contribution is -0.117. The molecule has 1 unspecified atom stereocenters. The van der Waals surface area contributed by atoms with E-state index in [9.17, 15) is 14.7 Å². The molecule has 5 nitrogen and oxygen atoms in total. The molecule has 2 heterocycles. The molecule has 1 N–H and O–H groups in total. The lowest BCUT2D eigenvalue weighted by Crippen LogP contribution is -2.31. The Morgan fingerprint density at radius 2 is 1.73 bits per heavy atom. The number of amides is 1. The van der Waals surface area contributed by atoms with E-state index in [0.29, 0.717) is 16.3 Å². The number of aliphatic hydroxyl groups is 1. The second kappa shape index (κ2) is 7.54. The Labute approximate surface area is 179 Å². The van der Waals surface area contributed by atoms with Crippen LogP contribution in [0, 0.1) is 27.7 Å². The van der Waals surface area contributed by atoms with Crippen LogP contribution in [-0.4, -0.2) is 21.8 Å². The van der Waals surface area contributed by atoms with Gasteiger partial charge < -0.3 is 5.11 Å². The van der Waals surface area contributed by atoms with E-state index in [1.807, 2.05) is 69.3 Å². The van der Waals surface area contributed by atoms with Crippen molar-refractivity contribution in [2.45, 2.75) is 33.7 Å². The Kier molecular flexibility index (Phi) is 5.03. The van der Waals surface area contributed by atoms with Crippen molar-refractivity contribution >= 4 is 28.7 Å². The second-order valence-electron chi connectivity index (χ2n) is 7.50. The number of rotatable bonds is 4. The van der Waals surface area contributed by atoms with Gasteiger partial charge in [0.25, 0.3) is 5.91 Å². The van der Waals surface area contributed by atoms with Gasteiger partial charge in [-0.3, -0.25) is 14.5 Å². The van der Waals surface area contributed by atoms with Crippen LogP contribution >= 0.6 is 11.3 Å². The van der Waals surface area contributed by atoms with Gasteiger partial charge in [-0.2, -0.15) is 0 Å². The van der Waals surface area contributed by atoms with Gasteiger partial charge in [-0.05, 0) is 56.5 Å². The van der Waals surface area contributed by atoms with Crippen molar-refractivity contribution in [3.63, 3.8) is 0 Å². The summed E-state index contributed by atoms with van der Waals surface area (Å²) in [7, 11) is 0. The Bertz CT molecular complexity index is 1190. The van der Waals surface area contributed by atoms with Gasteiger partial charge in [-0.25, -0.2) is 4.98 Å². The number of Topliss-reactive ketones (excluding diaryl/α,β-unsaturated/α-hetero) is 1. The van der Waals surface area contributed by atoms with Crippen molar-refractivity contribution in [1.82, 2.24) is 4.98 Å². The van der Waals surface area contributed by atoms with E-state index >= 15 is 0 Å². The predicted molar refractivity (Wildman–Crippen MR) is 118 cm³/mol. The topological polar surface area (TPSA) is 70.5 Å². The van der Waals surface area contributed by atoms with E-state index in [4.69, 9.17) is 0 Å². The van der Waals surface area contributed by atoms with Gasteiger partial charge in [0.05, 0.1) is 27.2 Å². The molecule has 1 atom stereocenters. The summed E-state index contributed by atoms with van der Waals surface area (Å²) in [4.78, 5) is 33.0. The summed E-state index contributed by atoms with van der Waals surface area (Å²) >= 11 is 1.28. The molecule has 6 heteroatoms. The third kappa shape index (κ3) is 3.23. The molecule has 1 aromatic heterocycles. The number of aliphatic hydroxyl groups excluding tert-OH is 1. The van der Waals surface area contributed by atoms with E-state index in [1.165, 1.54) is 16.2 Å². The highest BCUT2D eigenvalue weighted by Gasteiger charge is 2.45. The van der Waals surface area contributed by atoms with Crippen LogP contribution < -0.4 is 4.90 Å². The van der Waals surface area contributed by atoms with Gasteiger partial charge in [0, 0.05) is 5.69 Å². The lowest BCUT2D eigenvalue weighted by Gasteiger charge is -2.27. The van der Waals surface area contributed by atoms with Gasteiger partial charge in [-0.1, -0.05) is 36.4 Å². The van der Waals surface area contributed by atoms with Crippen LogP contribution in [0.3, 0.4) is 0 Å². The number of hydrogen-bond acceptors (Lipinski definition) is 5. The van der Waals surface area contributed by atoms with Gasteiger partial charge >= 0.3 is 0 Å². The first-order valence-electron chi connectivity index (χ1n) is 9.67. The van der Waals surface area contributed by atoms with E-state index in [1.54, 1.807) is 6.92 Å². The number of aromatic nitrogens is 1. The highest BCUT2D eigenvalue weighted by molar-refractivity contribution is 7.14. The quantitative estimate of drug-likeness (QED) is 0.594. The summed E-state index contributed by atoms with van der Waals surface area (Å²) in [5.74, 6) is -1.43. The maximum absolute atomic E-state index is 13.5. The molecule has 0 spiro atoms. The molecule has 30 heavy (non-hydrogen) atoms. The maximum Gasteiger partial charge on any atom is 0.294 e. The van der Waals surface area contributed by atoms with Crippen LogP contribution in [0.2, 0.25) is 0 Å². The highest BCUT2D eigenvalue weighted by Crippen LogP contribution is 2.43. The number of benzene rings is 2. The Balaban J connectivity index is 1.90. The SMILES string of the molecule is Cc1nc(C)c(C(=O)C2=C(O)C(=O)N(c3ccc(C)c(C)c3)C2c2ccccc2)s1. The fraction of sp³-hybridized carbons (Fsp3) is 0.208. The summed E-state index contributed by atoms with van der Waals surface area (Å²) in [6.07, 6.45) is 0. The standard InChI is InChI=1S/C24H22N2O3S/c1-13-10-11-18(12-14(13)2)26-20(17-8-6-5-7-9-17)19(22(28)24(26)29)21(27)23-15(3)25-16(4)30-23/h5-12,20,28H,1-4H3. The number of anilines is 1. The normalized spacial score (nSPS) is 16.5. The average molecular weight is 419 g/mol. The average Bonchev–Trinajstić information content (AvgIpc) is 3.20. The summed E-state index contributed by atoms with van der Waals surface area (Å²) < 4.78 is 0. The fourth-order valence-corrected chi connectivity index (χ4v) is 4.67. The number of hydrogen-bond donors (Lipinski definition) is 1. The zero-order chi connectivity index (χ0) is 21.6. The predicted octanol–water partition coefficient (Wildman–Crippen LogP) is 5.16. The monoisotopic (exact) mass is 418 g/mol.